The Morgan fingerprint density at radius 1 is 1.18 bits per heavy atom. The second-order valence-corrected chi connectivity index (χ2v) is 7.40. The van der Waals surface area contributed by atoms with E-state index in [1.165, 1.54) is 0 Å². The Balaban J connectivity index is 1.33. The van der Waals surface area contributed by atoms with Gasteiger partial charge in [-0.05, 0) is 56.2 Å². The minimum absolute atomic E-state index is 0.319. The topological polar surface area (TPSA) is 67.2 Å². The van der Waals surface area contributed by atoms with Crippen LogP contribution < -0.4 is 4.74 Å². The van der Waals surface area contributed by atoms with E-state index in [0.29, 0.717) is 42.0 Å². The summed E-state index contributed by atoms with van der Waals surface area (Å²) in [4.78, 5) is 27.6. The number of nitrogens with zero attached hydrogens (tertiary/aromatic N) is 4. The minimum Gasteiger partial charge on any atom is -0.408 e. The van der Waals surface area contributed by atoms with Gasteiger partial charge in [-0.2, -0.15) is 0 Å². The van der Waals surface area contributed by atoms with Crippen molar-refractivity contribution < 1.29 is 9.53 Å². The normalized spacial score (nSPS) is 17.3. The molecule has 0 spiro atoms. The third-order valence-corrected chi connectivity index (χ3v) is 5.37. The second kappa shape index (κ2) is 8.10. The molecular formula is C21H21ClN4O2. The second-order valence-electron chi connectivity index (χ2n) is 6.97. The van der Waals surface area contributed by atoms with Gasteiger partial charge in [0.1, 0.15) is 0 Å². The summed E-state index contributed by atoms with van der Waals surface area (Å²) in [5, 5.41) is 0.701. The molecule has 1 fully saturated rings. The molecule has 2 aromatic rings. The summed E-state index contributed by atoms with van der Waals surface area (Å²) in [5.74, 6) is 1.62. The third-order valence-electron chi connectivity index (χ3n) is 5.12. The number of pyridine rings is 1. The molecule has 6 nitrogen and oxygen atoms in total. The number of aliphatic imine (C=N–C) groups is 2. The number of aryl methyl sites for hydroxylation is 1. The Labute approximate surface area is 168 Å². The van der Waals surface area contributed by atoms with E-state index in [0.717, 1.165) is 30.0 Å². The highest BCUT2D eigenvalue weighted by Crippen LogP contribution is 2.24. The van der Waals surface area contributed by atoms with Crippen LogP contribution in [0.3, 0.4) is 0 Å². The highest BCUT2D eigenvalue weighted by atomic mass is 35.5. The van der Waals surface area contributed by atoms with Crippen LogP contribution in [0.15, 0.2) is 52.6 Å². The summed E-state index contributed by atoms with van der Waals surface area (Å²) < 4.78 is 5.49. The van der Waals surface area contributed by atoms with E-state index in [1.807, 2.05) is 31.2 Å². The standard InChI is InChI=1S/C21H21ClN4O2/c1-14-19(3-2-10-23-14)28-21(27)26-11-8-15(9-12-26)18-13-24-20(25-18)16-4-6-17(22)7-5-16/h2-7,10,15H,8-9,11-13H2,1H3. The Bertz CT molecular complexity index is 932. The number of carbonyl (C=O) groups excluding carboxylic acids is 1. The number of hydrogen-bond donors (Lipinski definition) is 0. The van der Waals surface area contributed by atoms with Gasteiger partial charge < -0.3 is 9.64 Å². The molecule has 3 heterocycles. The van der Waals surface area contributed by atoms with Gasteiger partial charge in [0.15, 0.2) is 11.6 Å². The lowest BCUT2D eigenvalue weighted by molar-refractivity contribution is 0.137. The predicted octanol–water partition coefficient (Wildman–Crippen LogP) is 4.16. The van der Waals surface area contributed by atoms with Gasteiger partial charge in [-0.1, -0.05) is 11.6 Å². The summed E-state index contributed by atoms with van der Waals surface area (Å²) in [7, 11) is 0. The van der Waals surface area contributed by atoms with Gasteiger partial charge in [-0.15, -0.1) is 0 Å². The third kappa shape index (κ3) is 4.07. The fraction of sp³-hybridized carbons (Fsp3) is 0.333. The van der Waals surface area contributed by atoms with E-state index in [4.69, 9.17) is 21.3 Å². The van der Waals surface area contributed by atoms with Crippen molar-refractivity contribution in [2.75, 3.05) is 19.6 Å². The molecule has 7 heteroatoms. The van der Waals surface area contributed by atoms with Crippen molar-refractivity contribution >= 4 is 29.2 Å². The van der Waals surface area contributed by atoms with Crippen LogP contribution in [0.4, 0.5) is 4.79 Å². The lowest BCUT2D eigenvalue weighted by Crippen LogP contribution is -2.42. The Morgan fingerprint density at radius 3 is 2.64 bits per heavy atom. The van der Waals surface area contributed by atoms with E-state index in [-0.39, 0.29) is 6.09 Å². The molecule has 1 aromatic carbocycles. The van der Waals surface area contributed by atoms with E-state index in [2.05, 4.69) is 9.98 Å². The molecule has 0 N–H and O–H groups in total. The molecule has 0 radical (unpaired) electrons. The maximum Gasteiger partial charge on any atom is 0.415 e. The zero-order chi connectivity index (χ0) is 19.5. The number of piperidine rings is 1. The van der Waals surface area contributed by atoms with Crippen LogP contribution in [0.25, 0.3) is 0 Å². The predicted molar refractivity (Wildman–Crippen MR) is 110 cm³/mol. The van der Waals surface area contributed by atoms with Crippen molar-refractivity contribution in [2.45, 2.75) is 19.8 Å². The van der Waals surface area contributed by atoms with Gasteiger partial charge in [-0.25, -0.2) is 9.79 Å². The number of likely N-dealkylation sites (tertiary alicyclic amines) is 1. The van der Waals surface area contributed by atoms with Gasteiger partial charge in [0.2, 0.25) is 0 Å². The number of aromatic nitrogens is 1. The maximum atomic E-state index is 12.4. The van der Waals surface area contributed by atoms with Gasteiger partial charge in [-0.3, -0.25) is 9.98 Å². The molecule has 0 saturated carbocycles. The van der Waals surface area contributed by atoms with Crippen LogP contribution in [-0.4, -0.2) is 47.2 Å². The molecule has 4 rings (SSSR count). The molecule has 0 unspecified atom stereocenters. The summed E-state index contributed by atoms with van der Waals surface area (Å²) in [6.07, 6.45) is 3.09. The van der Waals surface area contributed by atoms with Crippen molar-refractivity contribution in [1.82, 2.24) is 9.88 Å². The first kappa shape index (κ1) is 18.6. The number of carbonyl (C=O) groups is 1. The lowest BCUT2D eigenvalue weighted by Gasteiger charge is -2.31. The molecule has 0 bridgehead atoms. The minimum atomic E-state index is -0.319. The van der Waals surface area contributed by atoms with Crippen LogP contribution >= 0.6 is 11.6 Å². The Kier molecular flexibility index (Phi) is 5.39. The van der Waals surface area contributed by atoms with Gasteiger partial charge >= 0.3 is 6.09 Å². The number of halogens is 1. The van der Waals surface area contributed by atoms with E-state index in [1.54, 1.807) is 23.2 Å². The molecular weight excluding hydrogens is 376 g/mol. The van der Waals surface area contributed by atoms with Crippen molar-refractivity contribution in [3.05, 3.63) is 58.9 Å². The fourth-order valence-electron chi connectivity index (χ4n) is 3.47. The van der Waals surface area contributed by atoms with Gasteiger partial charge in [0.05, 0.1) is 12.2 Å². The highest BCUT2D eigenvalue weighted by Gasteiger charge is 2.29. The summed E-state index contributed by atoms with van der Waals surface area (Å²) in [6.45, 7) is 3.75. The van der Waals surface area contributed by atoms with Crippen molar-refractivity contribution in [3.63, 3.8) is 0 Å². The molecule has 0 aliphatic carbocycles. The van der Waals surface area contributed by atoms with E-state index >= 15 is 0 Å². The van der Waals surface area contributed by atoms with Crippen LogP contribution in [0.1, 0.15) is 24.1 Å². The van der Waals surface area contributed by atoms with Gasteiger partial charge in [0, 0.05) is 41.5 Å². The van der Waals surface area contributed by atoms with Crippen molar-refractivity contribution in [2.24, 2.45) is 15.9 Å². The molecule has 1 amide bonds. The smallest absolute Gasteiger partial charge is 0.408 e. The average molecular weight is 397 g/mol. The first-order valence-corrected chi connectivity index (χ1v) is 9.74. The zero-order valence-electron chi connectivity index (χ0n) is 15.6. The molecule has 1 aromatic heterocycles. The zero-order valence-corrected chi connectivity index (χ0v) is 16.4. The molecule has 1 saturated heterocycles. The van der Waals surface area contributed by atoms with E-state index in [9.17, 15) is 4.79 Å². The van der Waals surface area contributed by atoms with Crippen LogP contribution in [0, 0.1) is 12.8 Å². The quantitative estimate of drug-likeness (QED) is 0.782. The van der Waals surface area contributed by atoms with Gasteiger partial charge in [0.25, 0.3) is 0 Å². The van der Waals surface area contributed by atoms with Crippen molar-refractivity contribution in [3.8, 4) is 5.75 Å². The first-order valence-electron chi connectivity index (χ1n) is 9.36. The highest BCUT2D eigenvalue weighted by molar-refractivity contribution is 6.30. The van der Waals surface area contributed by atoms with Crippen LogP contribution in [-0.2, 0) is 0 Å². The van der Waals surface area contributed by atoms with E-state index < -0.39 is 0 Å². The largest absolute Gasteiger partial charge is 0.415 e. The number of amides is 1. The Morgan fingerprint density at radius 2 is 1.93 bits per heavy atom. The molecule has 2 aliphatic rings. The molecule has 2 aliphatic heterocycles. The molecule has 28 heavy (non-hydrogen) atoms. The Hall–Kier alpha value is -2.73. The van der Waals surface area contributed by atoms with Crippen LogP contribution in [0.5, 0.6) is 5.75 Å². The first-order chi connectivity index (χ1) is 13.6. The number of benzene rings is 1. The summed E-state index contributed by atoms with van der Waals surface area (Å²) in [6, 6.07) is 11.1. The SMILES string of the molecule is Cc1ncccc1OC(=O)N1CCC(C2=NC(c3ccc(Cl)cc3)=NC2)CC1. The summed E-state index contributed by atoms with van der Waals surface area (Å²) >= 11 is 5.95. The monoisotopic (exact) mass is 396 g/mol. The molecule has 0 atom stereocenters. The average Bonchev–Trinajstić information content (AvgIpc) is 3.20. The number of ether oxygens (including phenoxy) is 1. The number of hydrogen-bond acceptors (Lipinski definition) is 5. The fourth-order valence-corrected chi connectivity index (χ4v) is 3.60. The lowest BCUT2D eigenvalue weighted by atomic mass is 9.92. The maximum absolute atomic E-state index is 12.4. The van der Waals surface area contributed by atoms with Crippen LogP contribution in [0.2, 0.25) is 5.02 Å². The molecule has 144 valence electrons. The van der Waals surface area contributed by atoms with Crippen molar-refractivity contribution in [1.29, 1.82) is 0 Å². The summed E-state index contributed by atoms with van der Waals surface area (Å²) in [5.41, 5.74) is 2.78. The number of rotatable bonds is 3. The number of amidine groups is 1.